The topological polar surface area (TPSA) is 30.5 Å². The molecule has 0 amide bonds. The minimum Gasteiger partial charge on any atom is -0.494 e. The van der Waals surface area contributed by atoms with Crippen molar-refractivity contribution in [2.75, 3.05) is 26.9 Å². The summed E-state index contributed by atoms with van der Waals surface area (Å²) < 4.78 is 23.6. The second-order valence-electron chi connectivity index (χ2n) is 3.48. The van der Waals surface area contributed by atoms with Crippen molar-refractivity contribution in [1.29, 1.82) is 0 Å². The number of rotatable bonds is 2. The molecule has 0 saturated carbocycles. The monoisotopic (exact) mass is 247 g/mol. The number of hydrogen-bond donors (Lipinski definition) is 1. The van der Waals surface area contributed by atoms with Gasteiger partial charge in [-0.3, -0.25) is 0 Å². The molecular formula is C11H15ClFNO2. The fraction of sp³-hybridized carbons (Fsp3) is 0.455. The third kappa shape index (κ3) is 2.84. The predicted molar refractivity (Wildman–Crippen MR) is 61.8 cm³/mol. The Morgan fingerprint density at radius 3 is 2.88 bits per heavy atom. The van der Waals surface area contributed by atoms with Crippen LogP contribution in [0.3, 0.4) is 0 Å². The van der Waals surface area contributed by atoms with Crippen molar-refractivity contribution in [1.82, 2.24) is 5.32 Å². The summed E-state index contributed by atoms with van der Waals surface area (Å²) in [6, 6.07) is 5.07. The Balaban J connectivity index is 0.00000128. The van der Waals surface area contributed by atoms with E-state index in [-0.39, 0.29) is 30.0 Å². The average Bonchev–Trinajstić information content (AvgIpc) is 2.30. The highest BCUT2D eigenvalue weighted by molar-refractivity contribution is 5.85. The van der Waals surface area contributed by atoms with Gasteiger partial charge in [-0.25, -0.2) is 4.39 Å². The van der Waals surface area contributed by atoms with Gasteiger partial charge in [0.1, 0.15) is 0 Å². The normalized spacial score (nSPS) is 20.0. The molecule has 1 heterocycles. The first-order valence-electron chi connectivity index (χ1n) is 4.96. The molecular weight excluding hydrogens is 233 g/mol. The highest BCUT2D eigenvalue weighted by Crippen LogP contribution is 2.22. The third-order valence-electron chi connectivity index (χ3n) is 2.50. The van der Waals surface area contributed by atoms with E-state index >= 15 is 0 Å². The van der Waals surface area contributed by atoms with Crippen LogP contribution in [0.2, 0.25) is 0 Å². The fourth-order valence-corrected chi connectivity index (χ4v) is 1.68. The molecule has 16 heavy (non-hydrogen) atoms. The van der Waals surface area contributed by atoms with Crippen molar-refractivity contribution in [3.8, 4) is 5.75 Å². The van der Waals surface area contributed by atoms with Gasteiger partial charge in [0, 0.05) is 6.54 Å². The highest BCUT2D eigenvalue weighted by atomic mass is 35.5. The second kappa shape index (κ2) is 6.03. The lowest BCUT2D eigenvalue weighted by molar-refractivity contribution is 0.0767. The molecule has 1 aliphatic heterocycles. The molecule has 0 spiro atoms. The largest absolute Gasteiger partial charge is 0.494 e. The summed E-state index contributed by atoms with van der Waals surface area (Å²) >= 11 is 0. The molecule has 3 nitrogen and oxygen atoms in total. The number of nitrogens with one attached hydrogen (secondary N) is 1. The van der Waals surface area contributed by atoms with Gasteiger partial charge in [-0.15, -0.1) is 12.4 Å². The molecule has 2 rings (SSSR count). The van der Waals surface area contributed by atoms with Gasteiger partial charge in [-0.05, 0) is 17.7 Å². The number of benzene rings is 1. The number of ether oxygens (including phenoxy) is 2. The number of morpholine rings is 1. The number of hydrogen-bond acceptors (Lipinski definition) is 3. The lowest BCUT2D eigenvalue weighted by Gasteiger charge is -2.24. The molecule has 1 fully saturated rings. The summed E-state index contributed by atoms with van der Waals surface area (Å²) in [5.41, 5.74) is 0.896. The van der Waals surface area contributed by atoms with Crippen molar-refractivity contribution in [2.45, 2.75) is 6.04 Å². The van der Waals surface area contributed by atoms with Gasteiger partial charge in [0.2, 0.25) is 0 Å². The van der Waals surface area contributed by atoms with Crippen LogP contribution in [0.15, 0.2) is 18.2 Å². The predicted octanol–water partition coefficient (Wildman–Crippen LogP) is 1.92. The zero-order valence-corrected chi connectivity index (χ0v) is 9.85. The van der Waals surface area contributed by atoms with Crippen LogP contribution in [0.4, 0.5) is 4.39 Å². The van der Waals surface area contributed by atoms with Crippen LogP contribution in [-0.2, 0) is 4.74 Å². The van der Waals surface area contributed by atoms with Crippen LogP contribution in [-0.4, -0.2) is 26.9 Å². The molecule has 0 radical (unpaired) electrons. The van der Waals surface area contributed by atoms with Gasteiger partial charge < -0.3 is 14.8 Å². The molecule has 1 saturated heterocycles. The first kappa shape index (κ1) is 13.2. The number of halogens is 2. The molecule has 1 aromatic carbocycles. The maximum Gasteiger partial charge on any atom is 0.165 e. The van der Waals surface area contributed by atoms with Crippen LogP contribution in [0.25, 0.3) is 0 Å². The van der Waals surface area contributed by atoms with E-state index in [1.807, 2.05) is 6.07 Å². The quantitative estimate of drug-likeness (QED) is 0.866. The summed E-state index contributed by atoms with van der Waals surface area (Å²) in [4.78, 5) is 0. The smallest absolute Gasteiger partial charge is 0.165 e. The molecule has 90 valence electrons. The van der Waals surface area contributed by atoms with Gasteiger partial charge in [0.05, 0.1) is 26.4 Å². The first-order valence-corrected chi connectivity index (χ1v) is 4.96. The SMILES string of the molecule is COc1ccc([C@@H]2COCCN2)cc1F.Cl. The molecule has 1 atom stereocenters. The lowest BCUT2D eigenvalue weighted by Crippen LogP contribution is -2.34. The van der Waals surface area contributed by atoms with Crippen molar-refractivity contribution < 1.29 is 13.9 Å². The molecule has 0 aromatic heterocycles. The lowest BCUT2D eigenvalue weighted by atomic mass is 10.1. The Labute approximate surface area is 100 Å². The summed E-state index contributed by atoms with van der Waals surface area (Å²) in [5.74, 6) is -0.0575. The summed E-state index contributed by atoms with van der Waals surface area (Å²) in [6.45, 7) is 2.11. The van der Waals surface area contributed by atoms with E-state index in [0.717, 1.165) is 18.7 Å². The van der Waals surface area contributed by atoms with Crippen molar-refractivity contribution >= 4 is 12.4 Å². The van der Waals surface area contributed by atoms with Crippen molar-refractivity contribution in [3.05, 3.63) is 29.6 Å². The van der Waals surface area contributed by atoms with Crippen LogP contribution in [0.5, 0.6) is 5.75 Å². The maximum atomic E-state index is 13.4. The van der Waals surface area contributed by atoms with Gasteiger partial charge >= 0.3 is 0 Å². The maximum absolute atomic E-state index is 13.4. The van der Waals surface area contributed by atoms with Gasteiger partial charge in [-0.2, -0.15) is 0 Å². The first-order chi connectivity index (χ1) is 7.31. The molecule has 0 unspecified atom stereocenters. The van der Waals surface area contributed by atoms with E-state index in [2.05, 4.69) is 5.32 Å². The molecule has 1 aromatic rings. The zero-order chi connectivity index (χ0) is 10.7. The van der Waals surface area contributed by atoms with Crippen LogP contribution in [0, 0.1) is 5.82 Å². The average molecular weight is 248 g/mol. The molecule has 1 N–H and O–H groups in total. The number of methoxy groups -OCH3 is 1. The van der Waals surface area contributed by atoms with E-state index in [9.17, 15) is 4.39 Å². The van der Waals surface area contributed by atoms with E-state index in [1.165, 1.54) is 13.2 Å². The molecule has 0 aliphatic carbocycles. The Kier molecular flexibility index (Phi) is 4.99. The second-order valence-corrected chi connectivity index (χ2v) is 3.48. The standard InChI is InChI=1S/C11H14FNO2.ClH/c1-14-11-3-2-8(6-9(11)12)10-7-15-5-4-13-10;/h2-3,6,10,13H,4-5,7H2,1H3;1H/t10-;/m0./s1. The van der Waals surface area contributed by atoms with Gasteiger partial charge in [-0.1, -0.05) is 6.07 Å². The van der Waals surface area contributed by atoms with Crippen molar-refractivity contribution in [2.24, 2.45) is 0 Å². The fourth-order valence-electron chi connectivity index (χ4n) is 1.68. The zero-order valence-electron chi connectivity index (χ0n) is 9.03. The minimum atomic E-state index is -0.331. The van der Waals surface area contributed by atoms with Crippen molar-refractivity contribution in [3.63, 3.8) is 0 Å². The highest BCUT2D eigenvalue weighted by Gasteiger charge is 2.16. The van der Waals surface area contributed by atoms with Crippen LogP contribution >= 0.6 is 12.4 Å². The molecule has 5 heteroatoms. The van der Waals surface area contributed by atoms with Gasteiger partial charge in [0.25, 0.3) is 0 Å². The Hall–Kier alpha value is -0.840. The molecule has 0 bridgehead atoms. The van der Waals surface area contributed by atoms with E-state index < -0.39 is 0 Å². The Morgan fingerprint density at radius 1 is 1.50 bits per heavy atom. The summed E-state index contributed by atoms with van der Waals surface area (Å²) in [7, 11) is 1.46. The molecule has 1 aliphatic rings. The third-order valence-corrected chi connectivity index (χ3v) is 2.50. The Bertz CT molecular complexity index is 343. The van der Waals surface area contributed by atoms with E-state index in [4.69, 9.17) is 9.47 Å². The van der Waals surface area contributed by atoms with Gasteiger partial charge in [0.15, 0.2) is 11.6 Å². The van der Waals surface area contributed by atoms with Crippen LogP contribution < -0.4 is 10.1 Å². The Morgan fingerprint density at radius 2 is 2.31 bits per heavy atom. The van der Waals surface area contributed by atoms with E-state index in [1.54, 1.807) is 6.07 Å². The summed E-state index contributed by atoms with van der Waals surface area (Å²) in [6.07, 6.45) is 0. The van der Waals surface area contributed by atoms with Crippen LogP contribution in [0.1, 0.15) is 11.6 Å². The van der Waals surface area contributed by atoms with E-state index in [0.29, 0.717) is 6.61 Å². The minimum absolute atomic E-state index is 0. The summed E-state index contributed by atoms with van der Waals surface area (Å²) in [5, 5.41) is 3.27.